The van der Waals surface area contributed by atoms with Crippen molar-refractivity contribution < 1.29 is 4.74 Å². The van der Waals surface area contributed by atoms with Gasteiger partial charge in [-0.05, 0) is 31.0 Å². The third-order valence-electron chi connectivity index (χ3n) is 3.68. The second kappa shape index (κ2) is 6.67. The number of ether oxygens (including phenoxy) is 1. The van der Waals surface area contributed by atoms with Gasteiger partial charge in [0.05, 0.1) is 12.8 Å². The van der Waals surface area contributed by atoms with Crippen molar-refractivity contribution in [1.82, 2.24) is 20.2 Å². The number of hydrogen-bond donors (Lipinski definition) is 3. The van der Waals surface area contributed by atoms with Crippen LogP contribution in [-0.4, -0.2) is 27.3 Å². The number of benzene rings is 1. The molecular weight excluding hydrogens is 304 g/mol. The molecule has 7 nitrogen and oxygen atoms in total. The van der Waals surface area contributed by atoms with E-state index in [1.165, 1.54) is 5.56 Å². The smallest absolute Gasteiger partial charge is 0.153 e. The number of aromatic amines is 1. The maximum absolute atomic E-state index is 6.10. The van der Waals surface area contributed by atoms with Gasteiger partial charge in [-0.2, -0.15) is 5.10 Å². The molecule has 2 heterocycles. The fraction of sp³-hybridized carbons (Fsp3) is 0.235. The molecule has 0 aliphatic rings. The van der Waals surface area contributed by atoms with Crippen LogP contribution in [0.5, 0.6) is 0 Å². The van der Waals surface area contributed by atoms with E-state index in [2.05, 4.69) is 25.5 Å². The Kier molecular flexibility index (Phi) is 4.43. The molecule has 1 aromatic carbocycles. The number of nitrogen functional groups attached to an aromatic ring is 1. The number of anilines is 3. The molecule has 0 radical (unpaired) electrons. The van der Waals surface area contributed by atoms with E-state index >= 15 is 0 Å². The minimum absolute atomic E-state index is 0.361. The summed E-state index contributed by atoms with van der Waals surface area (Å²) in [5, 5.41) is 10.0. The molecule has 0 saturated carbocycles. The quantitative estimate of drug-likeness (QED) is 0.667. The monoisotopic (exact) mass is 324 g/mol. The highest BCUT2D eigenvalue weighted by Gasteiger charge is 2.10. The van der Waals surface area contributed by atoms with Gasteiger partial charge in [-0.1, -0.05) is 12.1 Å². The fourth-order valence-corrected chi connectivity index (χ4v) is 2.43. The molecule has 124 valence electrons. The summed E-state index contributed by atoms with van der Waals surface area (Å²) in [6.07, 6.45) is 1.64. The van der Waals surface area contributed by atoms with Crippen LogP contribution in [0.2, 0.25) is 0 Å². The standard InChI is InChI=1S/C17H20N6O/c1-10-4-5-12(7-13(10)9-24-3)16-17(18)21-15(8-19-16)20-14-6-11(2)22-23-14/h4-8H,9H2,1-3H3,(H4,18,20,21,22,23). The molecule has 0 atom stereocenters. The zero-order valence-electron chi connectivity index (χ0n) is 13.9. The normalized spacial score (nSPS) is 10.8. The van der Waals surface area contributed by atoms with E-state index < -0.39 is 0 Å². The highest BCUT2D eigenvalue weighted by Crippen LogP contribution is 2.26. The van der Waals surface area contributed by atoms with Gasteiger partial charge in [-0.15, -0.1) is 0 Å². The van der Waals surface area contributed by atoms with Gasteiger partial charge in [0.1, 0.15) is 5.69 Å². The number of aryl methyl sites for hydroxylation is 2. The molecule has 4 N–H and O–H groups in total. The summed E-state index contributed by atoms with van der Waals surface area (Å²) in [6, 6.07) is 7.93. The van der Waals surface area contributed by atoms with Gasteiger partial charge in [-0.3, -0.25) is 5.10 Å². The third kappa shape index (κ3) is 3.36. The van der Waals surface area contributed by atoms with Gasteiger partial charge in [0.25, 0.3) is 0 Å². The van der Waals surface area contributed by atoms with Gasteiger partial charge in [0.2, 0.25) is 0 Å². The summed E-state index contributed by atoms with van der Waals surface area (Å²) in [6.45, 7) is 4.52. The third-order valence-corrected chi connectivity index (χ3v) is 3.68. The number of methoxy groups -OCH3 is 1. The Labute approximate surface area is 140 Å². The van der Waals surface area contributed by atoms with Crippen molar-refractivity contribution in [2.24, 2.45) is 0 Å². The summed E-state index contributed by atoms with van der Waals surface area (Å²) < 4.78 is 5.23. The van der Waals surface area contributed by atoms with E-state index in [4.69, 9.17) is 10.5 Å². The summed E-state index contributed by atoms with van der Waals surface area (Å²) in [4.78, 5) is 8.82. The van der Waals surface area contributed by atoms with Crippen LogP contribution in [0.15, 0.2) is 30.5 Å². The van der Waals surface area contributed by atoms with Gasteiger partial charge >= 0.3 is 0 Å². The zero-order valence-corrected chi connectivity index (χ0v) is 13.9. The Morgan fingerprint density at radius 1 is 1.21 bits per heavy atom. The highest BCUT2D eigenvalue weighted by molar-refractivity contribution is 5.72. The number of rotatable bonds is 5. The van der Waals surface area contributed by atoms with Crippen LogP contribution in [0.3, 0.4) is 0 Å². The largest absolute Gasteiger partial charge is 0.382 e. The molecule has 2 aromatic heterocycles. The topological polar surface area (TPSA) is 102 Å². The van der Waals surface area contributed by atoms with Gasteiger partial charge in [0, 0.05) is 24.4 Å². The van der Waals surface area contributed by atoms with E-state index in [0.717, 1.165) is 16.8 Å². The van der Waals surface area contributed by atoms with Gasteiger partial charge in [0.15, 0.2) is 17.5 Å². The lowest BCUT2D eigenvalue weighted by Crippen LogP contribution is -2.02. The first-order valence-electron chi connectivity index (χ1n) is 7.57. The maximum Gasteiger partial charge on any atom is 0.153 e. The van der Waals surface area contributed by atoms with Crippen molar-refractivity contribution >= 4 is 17.5 Å². The fourth-order valence-electron chi connectivity index (χ4n) is 2.43. The van der Waals surface area contributed by atoms with E-state index in [-0.39, 0.29) is 0 Å². The lowest BCUT2D eigenvalue weighted by Gasteiger charge is -2.10. The SMILES string of the molecule is COCc1cc(-c2ncc(Nc3cc(C)[nH]n3)nc2N)ccc1C. The molecule has 0 aliphatic heterocycles. The maximum atomic E-state index is 6.10. The molecule has 0 amide bonds. The van der Waals surface area contributed by atoms with Crippen LogP contribution in [-0.2, 0) is 11.3 Å². The van der Waals surface area contributed by atoms with E-state index in [1.807, 2.05) is 38.1 Å². The van der Waals surface area contributed by atoms with Crippen LogP contribution in [0.4, 0.5) is 17.5 Å². The van der Waals surface area contributed by atoms with Crippen molar-refractivity contribution in [3.8, 4) is 11.3 Å². The second-order valence-corrected chi connectivity index (χ2v) is 5.62. The Hall–Kier alpha value is -2.93. The van der Waals surface area contributed by atoms with Gasteiger partial charge < -0.3 is 15.8 Å². The van der Waals surface area contributed by atoms with E-state index in [1.54, 1.807) is 13.3 Å². The molecule has 0 spiro atoms. The first kappa shape index (κ1) is 15.9. The number of nitrogens with zero attached hydrogens (tertiary/aromatic N) is 3. The molecule has 0 aliphatic carbocycles. The molecule has 0 fully saturated rings. The Morgan fingerprint density at radius 3 is 2.71 bits per heavy atom. The van der Waals surface area contributed by atoms with Crippen LogP contribution in [0.25, 0.3) is 11.3 Å². The number of nitrogens with two attached hydrogens (primary N) is 1. The molecule has 7 heteroatoms. The summed E-state index contributed by atoms with van der Waals surface area (Å²) in [5.41, 5.74) is 10.9. The number of H-pyrrole nitrogens is 1. The van der Waals surface area contributed by atoms with Crippen molar-refractivity contribution in [3.63, 3.8) is 0 Å². The van der Waals surface area contributed by atoms with E-state index in [9.17, 15) is 0 Å². The number of aromatic nitrogens is 4. The Bertz CT molecular complexity index is 858. The number of hydrogen-bond acceptors (Lipinski definition) is 6. The average molecular weight is 324 g/mol. The van der Waals surface area contributed by atoms with Crippen LogP contribution in [0, 0.1) is 13.8 Å². The molecule has 3 aromatic rings. The lowest BCUT2D eigenvalue weighted by atomic mass is 10.0. The molecule has 0 bridgehead atoms. The molecule has 0 unspecified atom stereocenters. The van der Waals surface area contributed by atoms with Crippen LogP contribution >= 0.6 is 0 Å². The van der Waals surface area contributed by atoms with Crippen molar-refractivity contribution in [3.05, 3.63) is 47.3 Å². The number of nitrogens with one attached hydrogen (secondary N) is 2. The highest BCUT2D eigenvalue weighted by atomic mass is 16.5. The van der Waals surface area contributed by atoms with Crippen LogP contribution in [0.1, 0.15) is 16.8 Å². The Morgan fingerprint density at radius 2 is 2.04 bits per heavy atom. The summed E-state index contributed by atoms with van der Waals surface area (Å²) in [5.74, 6) is 1.58. The predicted octanol–water partition coefficient (Wildman–Crippen LogP) is 2.96. The van der Waals surface area contributed by atoms with Crippen molar-refractivity contribution in [2.75, 3.05) is 18.2 Å². The molecule has 24 heavy (non-hydrogen) atoms. The van der Waals surface area contributed by atoms with Crippen molar-refractivity contribution in [2.45, 2.75) is 20.5 Å². The lowest BCUT2D eigenvalue weighted by molar-refractivity contribution is 0.184. The first-order chi connectivity index (χ1) is 11.6. The molecule has 0 saturated heterocycles. The first-order valence-corrected chi connectivity index (χ1v) is 7.57. The summed E-state index contributed by atoms with van der Waals surface area (Å²) >= 11 is 0. The molecular formula is C17H20N6O. The summed E-state index contributed by atoms with van der Waals surface area (Å²) in [7, 11) is 1.68. The Balaban J connectivity index is 1.88. The second-order valence-electron chi connectivity index (χ2n) is 5.62. The predicted molar refractivity (Wildman–Crippen MR) is 93.9 cm³/mol. The van der Waals surface area contributed by atoms with Crippen LogP contribution < -0.4 is 11.1 Å². The molecule has 3 rings (SSSR count). The average Bonchev–Trinajstić information content (AvgIpc) is 2.95. The van der Waals surface area contributed by atoms with E-state index in [0.29, 0.717) is 29.8 Å². The minimum atomic E-state index is 0.361. The minimum Gasteiger partial charge on any atom is -0.382 e. The van der Waals surface area contributed by atoms with Crippen molar-refractivity contribution in [1.29, 1.82) is 0 Å². The zero-order chi connectivity index (χ0) is 17.1. The van der Waals surface area contributed by atoms with Gasteiger partial charge in [-0.25, -0.2) is 9.97 Å².